The Morgan fingerprint density at radius 2 is 1.88 bits per heavy atom. The highest BCUT2D eigenvalue weighted by Gasteiger charge is 2.17. The summed E-state index contributed by atoms with van der Waals surface area (Å²) >= 11 is 0. The average Bonchev–Trinajstić information content (AvgIpc) is 2.26. The highest BCUT2D eigenvalue weighted by Crippen LogP contribution is 2.29. The Bertz CT molecular complexity index is 341. The minimum Gasteiger partial charge on any atom is -0.384 e. The van der Waals surface area contributed by atoms with E-state index in [1.807, 2.05) is 0 Å². The number of nitrogens with one attached hydrogen (secondary N) is 1. The fourth-order valence-corrected chi connectivity index (χ4v) is 1.92. The second-order valence-corrected chi connectivity index (χ2v) is 5.74. The van der Waals surface area contributed by atoms with Crippen molar-refractivity contribution < 1.29 is 4.74 Å². The van der Waals surface area contributed by atoms with Crippen LogP contribution in [-0.4, -0.2) is 20.3 Å². The first-order chi connectivity index (χ1) is 7.95. The van der Waals surface area contributed by atoms with E-state index < -0.39 is 0 Å². The van der Waals surface area contributed by atoms with Crippen LogP contribution in [0.1, 0.15) is 33.3 Å². The third kappa shape index (κ3) is 4.39. The summed E-state index contributed by atoms with van der Waals surface area (Å²) in [5.74, 6) is 0.521. The Labute approximate surface area is 105 Å². The van der Waals surface area contributed by atoms with Crippen molar-refractivity contribution in [1.29, 1.82) is 0 Å². The van der Waals surface area contributed by atoms with E-state index in [-0.39, 0.29) is 5.41 Å². The van der Waals surface area contributed by atoms with Crippen molar-refractivity contribution in [2.75, 3.05) is 25.6 Å². The zero-order valence-electron chi connectivity index (χ0n) is 11.7. The van der Waals surface area contributed by atoms with Crippen molar-refractivity contribution in [3.8, 4) is 0 Å². The van der Waals surface area contributed by atoms with Crippen LogP contribution in [0.3, 0.4) is 0 Å². The summed E-state index contributed by atoms with van der Waals surface area (Å²) in [6, 6.07) is 8.53. The molecule has 1 aromatic carbocycles. The molecule has 0 spiro atoms. The molecule has 1 atom stereocenters. The van der Waals surface area contributed by atoms with E-state index in [4.69, 9.17) is 4.74 Å². The second kappa shape index (κ2) is 6.06. The van der Waals surface area contributed by atoms with Crippen molar-refractivity contribution in [3.05, 3.63) is 29.8 Å². The van der Waals surface area contributed by atoms with Gasteiger partial charge < -0.3 is 10.1 Å². The molecular formula is C15H25NO. The van der Waals surface area contributed by atoms with Gasteiger partial charge in [0.05, 0.1) is 6.61 Å². The van der Waals surface area contributed by atoms with Crippen LogP contribution < -0.4 is 5.32 Å². The van der Waals surface area contributed by atoms with Crippen molar-refractivity contribution in [2.24, 2.45) is 5.92 Å². The molecule has 0 bridgehead atoms. The van der Waals surface area contributed by atoms with Crippen LogP contribution in [0, 0.1) is 5.92 Å². The van der Waals surface area contributed by atoms with Gasteiger partial charge in [0.1, 0.15) is 0 Å². The Hall–Kier alpha value is -1.02. The van der Waals surface area contributed by atoms with Gasteiger partial charge >= 0.3 is 0 Å². The van der Waals surface area contributed by atoms with Gasteiger partial charge in [0, 0.05) is 19.3 Å². The number of hydrogen-bond donors (Lipinski definition) is 1. The lowest BCUT2D eigenvalue weighted by atomic mass is 9.86. The van der Waals surface area contributed by atoms with Crippen molar-refractivity contribution >= 4 is 5.69 Å². The maximum Gasteiger partial charge on any atom is 0.0504 e. The van der Waals surface area contributed by atoms with E-state index in [0.29, 0.717) is 5.92 Å². The summed E-state index contributed by atoms with van der Waals surface area (Å²) in [6.45, 7) is 10.7. The molecule has 2 heteroatoms. The fraction of sp³-hybridized carbons (Fsp3) is 0.600. The smallest absolute Gasteiger partial charge is 0.0504 e. The molecule has 1 N–H and O–H groups in total. The van der Waals surface area contributed by atoms with E-state index in [1.165, 1.54) is 11.3 Å². The van der Waals surface area contributed by atoms with Crippen LogP contribution in [-0.2, 0) is 10.2 Å². The van der Waals surface area contributed by atoms with Gasteiger partial charge in [-0.05, 0) is 23.0 Å². The first-order valence-corrected chi connectivity index (χ1v) is 6.27. The molecule has 0 heterocycles. The molecule has 0 aliphatic rings. The lowest BCUT2D eigenvalue weighted by Crippen LogP contribution is -2.19. The molecule has 1 unspecified atom stereocenters. The van der Waals surface area contributed by atoms with Gasteiger partial charge in [-0.25, -0.2) is 0 Å². The van der Waals surface area contributed by atoms with Crippen molar-refractivity contribution in [2.45, 2.75) is 33.1 Å². The van der Waals surface area contributed by atoms with Gasteiger partial charge in [-0.1, -0.05) is 45.9 Å². The average molecular weight is 235 g/mol. The third-order valence-corrected chi connectivity index (χ3v) is 2.83. The number of para-hydroxylation sites is 1. The molecule has 0 aromatic heterocycles. The molecule has 96 valence electrons. The molecule has 2 nitrogen and oxygen atoms in total. The van der Waals surface area contributed by atoms with Crippen LogP contribution in [0.5, 0.6) is 0 Å². The summed E-state index contributed by atoms with van der Waals surface area (Å²) < 4.78 is 5.15. The molecule has 0 aliphatic heterocycles. The molecule has 0 amide bonds. The Balaban J connectivity index is 2.71. The highest BCUT2D eigenvalue weighted by atomic mass is 16.5. The summed E-state index contributed by atoms with van der Waals surface area (Å²) in [5.41, 5.74) is 2.78. The van der Waals surface area contributed by atoms with Crippen LogP contribution in [0.15, 0.2) is 24.3 Å². The van der Waals surface area contributed by atoms with Crippen LogP contribution in [0.2, 0.25) is 0 Å². The number of rotatable bonds is 5. The van der Waals surface area contributed by atoms with E-state index in [9.17, 15) is 0 Å². The van der Waals surface area contributed by atoms with Crippen LogP contribution >= 0.6 is 0 Å². The van der Waals surface area contributed by atoms with Crippen molar-refractivity contribution in [3.63, 3.8) is 0 Å². The quantitative estimate of drug-likeness (QED) is 0.840. The van der Waals surface area contributed by atoms with Gasteiger partial charge in [-0.2, -0.15) is 0 Å². The minimum absolute atomic E-state index is 0.175. The van der Waals surface area contributed by atoms with Gasteiger partial charge in [0.25, 0.3) is 0 Å². The van der Waals surface area contributed by atoms with Gasteiger partial charge in [-0.3, -0.25) is 0 Å². The topological polar surface area (TPSA) is 21.3 Å². The monoisotopic (exact) mass is 235 g/mol. The second-order valence-electron chi connectivity index (χ2n) is 5.74. The predicted octanol–water partition coefficient (Wildman–Crippen LogP) is 3.68. The largest absolute Gasteiger partial charge is 0.384 e. The maximum atomic E-state index is 5.15. The zero-order valence-corrected chi connectivity index (χ0v) is 11.7. The third-order valence-electron chi connectivity index (χ3n) is 2.83. The van der Waals surface area contributed by atoms with Crippen LogP contribution in [0.25, 0.3) is 0 Å². The number of anilines is 1. The molecule has 0 saturated carbocycles. The van der Waals surface area contributed by atoms with Gasteiger partial charge in [0.15, 0.2) is 0 Å². The Morgan fingerprint density at radius 1 is 1.24 bits per heavy atom. The minimum atomic E-state index is 0.175. The zero-order chi connectivity index (χ0) is 12.9. The van der Waals surface area contributed by atoms with Gasteiger partial charge in [0.2, 0.25) is 0 Å². The molecule has 0 saturated heterocycles. The first kappa shape index (κ1) is 14.0. The summed E-state index contributed by atoms with van der Waals surface area (Å²) in [7, 11) is 1.75. The molecule has 1 aromatic rings. The predicted molar refractivity (Wildman–Crippen MR) is 74.7 cm³/mol. The lowest BCUT2D eigenvalue weighted by Gasteiger charge is -2.24. The highest BCUT2D eigenvalue weighted by molar-refractivity contribution is 5.54. The number of hydrogen-bond acceptors (Lipinski definition) is 2. The summed E-state index contributed by atoms with van der Waals surface area (Å²) in [5, 5.41) is 3.52. The van der Waals surface area contributed by atoms with Crippen molar-refractivity contribution in [1.82, 2.24) is 0 Å². The number of ether oxygens (including phenoxy) is 1. The molecule has 17 heavy (non-hydrogen) atoms. The summed E-state index contributed by atoms with van der Waals surface area (Å²) in [6.07, 6.45) is 0. The molecule has 0 aliphatic carbocycles. The summed E-state index contributed by atoms with van der Waals surface area (Å²) in [4.78, 5) is 0. The van der Waals surface area contributed by atoms with E-state index >= 15 is 0 Å². The first-order valence-electron chi connectivity index (χ1n) is 6.27. The molecular weight excluding hydrogens is 210 g/mol. The molecule has 0 fully saturated rings. The Kier molecular flexibility index (Phi) is 5.01. The normalized spacial score (nSPS) is 13.5. The SMILES string of the molecule is COCC(C)CNc1ccccc1C(C)(C)C. The molecule has 1 rings (SSSR count). The molecule has 0 radical (unpaired) electrons. The van der Waals surface area contributed by atoms with Crippen LogP contribution in [0.4, 0.5) is 5.69 Å². The van der Waals surface area contributed by atoms with E-state index in [0.717, 1.165) is 13.2 Å². The number of methoxy groups -OCH3 is 1. The number of benzene rings is 1. The lowest BCUT2D eigenvalue weighted by molar-refractivity contribution is 0.164. The fourth-order valence-electron chi connectivity index (χ4n) is 1.92. The standard InChI is InChI=1S/C15H25NO/c1-12(11-17-5)10-16-14-9-7-6-8-13(14)15(2,3)4/h6-9,12,16H,10-11H2,1-5H3. The maximum absolute atomic E-state index is 5.15. The van der Waals surface area contributed by atoms with Gasteiger partial charge in [-0.15, -0.1) is 0 Å². The van der Waals surface area contributed by atoms with E-state index in [1.54, 1.807) is 7.11 Å². The van der Waals surface area contributed by atoms with E-state index in [2.05, 4.69) is 57.3 Å². The Morgan fingerprint density at radius 3 is 2.47 bits per heavy atom.